The van der Waals surface area contributed by atoms with Crippen LogP contribution in [0.15, 0.2) is 23.2 Å². The summed E-state index contributed by atoms with van der Waals surface area (Å²) in [5.74, 6) is -2.18. The van der Waals surface area contributed by atoms with Gasteiger partial charge in [-0.25, -0.2) is 4.39 Å². The van der Waals surface area contributed by atoms with Crippen LogP contribution in [0.2, 0.25) is 0 Å². The Hall–Kier alpha value is -2.34. The average Bonchev–Trinajstić information content (AvgIpc) is 2.89. The van der Waals surface area contributed by atoms with Gasteiger partial charge in [-0.15, -0.1) is 0 Å². The van der Waals surface area contributed by atoms with Gasteiger partial charge in [-0.05, 0) is 31.5 Å². The topological polar surface area (TPSA) is 97.4 Å². The van der Waals surface area contributed by atoms with E-state index in [0.717, 1.165) is 6.07 Å². The molecule has 25 heavy (non-hydrogen) atoms. The molecule has 1 aromatic carbocycles. The van der Waals surface area contributed by atoms with E-state index in [-0.39, 0.29) is 23.5 Å². The van der Waals surface area contributed by atoms with E-state index in [1.54, 1.807) is 0 Å². The quantitative estimate of drug-likeness (QED) is 0.597. The number of fused-ring (bicyclic) bond motifs is 1. The summed E-state index contributed by atoms with van der Waals surface area (Å²) < 4.78 is 59.8. The molecule has 2 aliphatic heterocycles. The zero-order chi connectivity index (χ0) is 18.6. The maximum Gasteiger partial charge on any atom is 0.415 e. The molecule has 0 bridgehead atoms. The molecule has 4 atom stereocenters. The number of benzene rings is 1. The van der Waals surface area contributed by atoms with Gasteiger partial charge in [0.1, 0.15) is 22.6 Å². The molecule has 2 aliphatic rings. The van der Waals surface area contributed by atoms with Gasteiger partial charge in [0.2, 0.25) is 0 Å². The lowest BCUT2D eigenvalue weighted by atomic mass is 9.66. The van der Waals surface area contributed by atoms with Crippen molar-refractivity contribution >= 4 is 11.5 Å². The minimum atomic E-state index is -4.68. The van der Waals surface area contributed by atoms with E-state index in [0.29, 0.717) is 0 Å². The number of nitrogen functional groups attached to an aromatic ring is 1. The highest BCUT2D eigenvalue weighted by atomic mass is 19.4. The van der Waals surface area contributed by atoms with Crippen molar-refractivity contribution in [1.29, 1.82) is 5.26 Å². The number of rotatable bonds is 1. The van der Waals surface area contributed by atoms with Crippen LogP contribution in [-0.2, 0) is 10.3 Å². The first kappa shape index (κ1) is 17.5. The number of anilines is 1. The molecule has 5 nitrogen and oxygen atoms in total. The largest absolute Gasteiger partial charge is 0.415 e. The van der Waals surface area contributed by atoms with Gasteiger partial charge >= 0.3 is 6.18 Å². The lowest BCUT2D eigenvalue weighted by Crippen LogP contribution is -2.51. The molecule has 9 heteroatoms. The summed E-state index contributed by atoms with van der Waals surface area (Å²) in [4.78, 5) is 4.19. The third kappa shape index (κ3) is 2.52. The Kier molecular flexibility index (Phi) is 3.73. The van der Waals surface area contributed by atoms with E-state index < -0.39 is 41.6 Å². The van der Waals surface area contributed by atoms with Gasteiger partial charge in [0.15, 0.2) is 6.10 Å². The fourth-order valence-corrected chi connectivity index (χ4v) is 3.60. The first-order chi connectivity index (χ1) is 11.5. The van der Waals surface area contributed by atoms with E-state index in [1.807, 2.05) is 6.07 Å². The second-order valence-electron chi connectivity index (χ2n) is 6.69. The van der Waals surface area contributed by atoms with Crippen molar-refractivity contribution < 1.29 is 22.3 Å². The predicted octanol–water partition coefficient (Wildman–Crippen LogP) is 2.47. The number of amidine groups is 1. The standard InChI is InChI=1S/C16H16F4N4O/c1-14(6-21)5-10-12(16(18,19)20)25-7-15(10,24-13(14)23)9-4-8(22)2-3-11(9)17/h2-4,10,12H,5,7,22H2,1H3,(H2,23,24)/t10-,12?,14?,15-/m1/s1. The number of nitriles is 1. The van der Waals surface area contributed by atoms with Crippen LogP contribution >= 0.6 is 0 Å². The van der Waals surface area contributed by atoms with Gasteiger partial charge < -0.3 is 16.2 Å². The smallest absolute Gasteiger partial charge is 0.399 e. The van der Waals surface area contributed by atoms with Crippen molar-refractivity contribution in [1.82, 2.24) is 0 Å². The molecule has 4 N–H and O–H groups in total. The Morgan fingerprint density at radius 1 is 1.36 bits per heavy atom. The number of nitrogens with two attached hydrogens (primary N) is 2. The van der Waals surface area contributed by atoms with Gasteiger partial charge in [0, 0.05) is 17.2 Å². The van der Waals surface area contributed by atoms with Crippen LogP contribution in [0.25, 0.3) is 0 Å². The summed E-state index contributed by atoms with van der Waals surface area (Å²) in [5.41, 5.74) is 8.59. The van der Waals surface area contributed by atoms with Crippen LogP contribution in [-0.4, -0.2) is 24.7 Å². The maximum absolute atomic E-state index is 14.4. The summed E-state index contributed by atoms with van der Waals surface area (Å²) in [7, 11) is 0. The molecular formula is C16H16F4N4O. The van der Waals surface area contributed by atoms with Crippen LogP contribution in [0.1, 0.15) is 18.9 Å². The third-order valence-corrected chi connectivity index (χ3v) is 5.00. The highest BCUT2D eigenvalue weighted by molar-refractivity contribution is 5.90. The fourth-order valence-electron chi connectivity index (χ4n) is 3.60. The van der Waals surface area contributed by atoms with Crippen molar-refractivity contribution in [2.45, 2.75) is 31.2 Å². The number of hydrogen-bond acceptors (Lipinski definition) is 5. The van der Waals surface area contributed by atoms with Gasteiger partial charge in [-0.2, -0.15) is 18.4 Å². The number of ether oxygens (including phenoxy) is 1. The molecule has 0 amide bonds. The van der Waals surface area contributed by atoms with Crippen molar-refractivity contribution in [2.75, 3.05) is 12.3 Å². The number of aliphatic imine (C=N–C) groups is 1. The van der Waals surface area contributed by atoms with Crippen LogP contribution in [0.4, 0.5) is 23.2 Å². The summed E-state index contributed by atoms with van der Waals surface area (Å²) in [6.45, 7) is 0.918. The second-order valence-corrected chi connectivity index (χ2v) is 6.69. The van der Waals surface area contributed by atoms with Gasteiger partial charge in [0.25, 0.3) is 0 Å². The molecule has 1 fully saturated rings. The molecule has 1 saturated heterocycles. The van der Waals surface area contributed by atoms with Crippen LogP contribution in [0.5, 0.6) is 0 Å². The summed E-state index contributed by atoms with van der Waals surface area (Å²) in [6.07, 6.45) is -7.10. The minimum absolute atomic E-state index is 0.104. The number of alkyl halides is 3. The molecule has 0 aromatic heterocycles. The maximum atomic E-state index is 14.4. The van der Waals surface area contributed by atoms with E-state index >= 15 is 0 Å². The SMILES string of the molecule is CC1(C#N)C[C@@H]2C(C(F)(F)F)OC[C@]2(c2cc(N)ccc2F)N=C1N. The fraction of sp³-hybridized carbons (Fsp3) is 0.500. The highest BCUT2D eigenvalue weighted by Crippen LogP contribution is 2.55. The minimum Gasteiger partial charge on any atom is -0.399 e. The molecule has 3 rings (SSSR count). The second kappa shape index (κ2) is 5.33. The highest BCUT2D eigenvalue weighted by Gasteiger charge is 2.64. The van der Waals surface area contributed by atoms with Crippen LogP contribution in [0.3, 0.4) is 0 Å². The average molecular weight is 356 g/mol. The lowest BCUT2D eigenvalue weighted by molar-refractivity contribution is -0.218. The Morgan fingerprint density at radius 2 is 2.04 bits per heavy atom. The Balaban J connectivity index is 2.24. The first-order valence-electron chi connectivity index (χ1n) is 7.54. The Bertz CT molecular complexity index is 787. The van der Waals surface area contributed by atoms with Crippen molar-refractivity contribution in [3.05, 3.63) is 29.6 Å². The molecule has 0 saturated carbocycles. The number of nitrogens with zero attached hydrogens (tertiary/aromatic N) is 2. The van der Waals surface area contributed by atoms with Crippen LogP contribution in [0, 0.1) is 28.5 Å². The Labute approximate surface area is 141 Å². The Morgan fingerprint density at radius 3 is 2.64 bits per heavy atom. The van der Waals surface area contributed by atoms with Crippen LogP contribution < -0.4 is 11.5 Å². The zero-order valence-electron chi connectivity index (χ0n) is 13.3. The van der Waals surface area contributed by atoms with Gasteiger partial charge in [-0.3, -0.25) is 4.99 Å². The number of hydrogen-bond donors (Lipinski definition) is 2. The molecule has 134 valence electrons. The van der Waals surface area contributed by atoms with E-state index in [1.165, 1.54) is 19.1 Å². The summed E-state index contributed by atoms with van der Waals surface area (Å²) in [6, 6.07) is 5.53. The van der Waals surface area contributed by atoms with E-state index in [9.17, 15) is 22.8 Å². The monoisotopic (exact) mass is 356 g/mol. The molecule has 2 unspecified atom stereocenters. The molecule has 0 spiro atoms. The molecule has 0 aliphatic carbocycles. The van der Waals surface area contributed by atoms with Crippen molar-refractivity contribution in [3.63, 3.8) is 0 Å². The lowest BCUT2D eigenvalue weighted by Gasteiger charge is -2.41. The van der Waals surface area contributed by atoms with Gasteiger partial charge in [0.05, 0.1) is 12.7 Å². The molecule has 1 aromatic rings. The summed E-state index contributed by atoms with van der Waals surface area (Å²) in [5, 5.41) is 9.36. The van der Waals surface area contributed by atoms with Crippen molar-refractivity contribution in [3.8, 4) is 6.07 Å². The molecule has 0 radical (unpaired) electrons. The number of halogens is 4. The summed E-state index contributed by atoms with van der Waals surface area (Å²) >= 11 is 0. The zero-order valence-corrected chi connectivity index (χ0v) is 13.3. The predicted molar refractivity (Wildman–Crippen MR) is 81.7 cm³/mol. The molecular weight excluding hydrogens is 340 g/mol. The van der Waals surface area contributed by atoms with Crippen molar-refractivity contribution in [2.24, 2.45) is 22.1 Å². The van der Waals surface area contributed by atoms with E-state index in [2.05, 4.69) is 4.99 Å². The van der Waals surface area contributed by atoms with Gasteiger partial charge in [-0.1, -0.05) is 0 Å². The normalized spacial score (nSPS) is 35.0. The third-order valence-electron chi connectivity index (χ3n) is 5.00. The van der Waals surface area contributed by atoms with E-state index in [4.69, 9.17) is 16.2 Å². The molecule has 2 heterocycles. The first-order valence-corrected chi connectivity index (χ1v) is 7.54.